The Morgan fingerprint density at radius 2 is 1.95 bits per heavy atom. The number of anilines is 1. The van der Waals surface area contributed by atoms with Gasteiger partial charge in [-0.05, 0) is 19.4 Å². The van der Waals surface area contributed by atoms with Crippen molar-refractivity contribution < 1.29 is 13.2 Å². The number of nitrogens with zero attached hydrogens (tertiary/aromatic N) is 2. The minimum absolute atomic E-state index is 0.150. The molecule has 0 radical (unpaired) electrons. The molecule has 1 aromatic rings. The van der Waals surface area contributed by atoms with Crippen molar-refractivity contribution in [3.63, 3.8) is 0 Å². The maximum Gasteiger partial charge on any atom is 0.269 e. The van der Waals surface area contributed by atoms with Gasteiger partial charge in [-0.1, -0.05) is 24.2 Å². The summed E-state index contributed by atoms with van der Waals surface area (Å²) >= 11 is 0.819. The number of carbonyl (C=O) groups is 1. The molecule has 8 nitrogen and oxygen atoms in total. The van der Waals surface area contributed by atoms with Gasteiger partial charge in [0.15, 0.2) is 0 Å². The molecule has 0 spiro atoms. The van der Waals surface area contributed by atoms with Crippen LogP contribution in [0.15, 0.2) is 4.34 Å². The lowest BCUT2D eigenvalue weighted by Gasteiger charge is -2.03. The van der Waals surface area contributed by atoms with E-state index in [0.29, 0.717) is 13.1 Å². The summed E-state index contributed by atoms with van der Waals surface area (Å²) in [6.07, 6.45) is 3.61. The van der Waals surface area contributed by atoms with Crippen LogP contribution in [0.25, 0.3) is 0 Å². The Bertz CT molecular complexity index is 529. The summed E-state index contributed by atoms with van der Waals surface area (Å²) < 4.78 is 26.1. The van der Waals surface area contributed by atoms with E-state index in [4.69, 9.17) is 5.73 Å². The number of aromatic nitrogens is 2. The van der Waals surface area contributed by atoms with Crippen LogP contribution >= 0.6 is 11.3 Å². The van der Waals surface area contributed by atoms with E-state index in [-0.39, 0.29) is 15.4 Å². The second-order valence-electron chi connectivity index (χ2n) is 4.15. The van der Waals surface area contributed by atoms with Gasteiger partial charge in [0, 0.05) is 13.5 Å². The molecular formula is C10H19N5O3S2. The number of sulfonamides is 1. The summed E-state index contributed by atoms with van der Waals surface area (Å²) in [6, 6.07) is 0. The molecule has 1 amide bonds. The lowest BCUT2D eigenvalue weighted by Crippen LogP contribution is -2.24. The Kier molecular flexibility index (Phi) is 6.99. The Labute approximate surface area is 122 Å². The number of nitrogens with two attached hydrogens (primary N) is 1. The molecular weight excluding hydrogens is 302 g/mol. The summed E-state index contributed by atoms with van der Waals surface area (Å²) in [5, 5.41) is 9.71. The first-order chi connectivity index (χ1) is 9.45. The van der Waals surface area contributed by atoms with Crippen molar-refractivity contribution in [3.05, 3.63) is 0 Å². The molecule has 0 aliphatic heterocycles. The average molecular weight is 321 g/mol. The van der Waals surface area contributed by atoms with E-state index in [1.165, 1.54) is 6.92 Å². The lowest BCUT2D eigenvalue weighted by atomic mass is 10.2. The van der Waals surface area contributed by atoms with Crippen molar-refractivity contribution in [2.45, 2.75) is 36.9 Å². The van der Waals surface area contributed by atoms with Gasteiger partial charge in [0.2, 0.25) is 15.4 Å². The van der Waals surface area contributed by atoms with Gasteiger partial charge in [-0.25, -0.2) is 13.1 Å². The molecule has 0 aromatic carbocycles. The summed E-state index contributed by atoms with van der Waals surface area (Å²) in [5.74, 6) is -0.321. The topological polar surface area (TPSA) is 127 Å². The van der Waals surface area contributed by atoms with E-state index >= 15 is 0 Å². The van der Waals surface area contributed by atoms with Crippen molar-refractivity contribution in [3.8, 4) is 0 Å². The molecule has 0 saturated carbocycles. The van der Waals surface area contributed by atoms with E-state index in [2.05, 4.69) is 20.2 Å². The molecule has 4 N–H and O–H groups in total. The van der Waals surface area contributed by atoms with Crippen molar-refractivity contribution >= 4 is 32.4 Å². The van der Waals surface area contributed by atoms with Gasteiger partial charge in [0.05, 0.1) is 0 Å². The van der Waals surface area contributed by atoms with Gasteiger partial charge in [-0.15, -0.1) is 10.2 Å². The molecule has 0 unspecified atom stereocenters. The van der Waals surface area contributed by atoms with E-state index in [9.17, 15) is 13.2 Å². The Morgan fingerprint density at radius 3 is 2.60 bits per heavy atom. The summed E-state index contributed by atoms with van der Waals surface area (Å²) in [7, 11) is -3.65. The smallest absolute Gasteiger partial charge is 0.269 e. The predicted octanol–water partition coefficient (Wildman–Crippen LogP) is 0.294. The molecule has 1 rings (SSSR count). The third-order valence-corrected chi connectivity index (χ3v) is 5.01. The number of unbranched alkanes of at least 4 members (excludes halogenated alkanes) is 3. The first-order valence-electron chi connectivity index (χ1n) is 6.26. The van der Waals surface area contributed by atoms with Gasteiger partial charge >= 0.3 is 0 Å². The second kappa shape index (κ2) is 8.25. The normalized spacial score (nSPS) is 11.5. The highest BCUT2D eigenvalue weighted by molar-refractivity contribution is 7.91. The van der Waals surface area contributed by atoms with Gasteiger partial charge in [-0.3, -0.25) is 4.79 Å². The molecule has 20 heavy (non-hydrogen) atoms. The first kappa shape index (κ1) is 17.0. The number of hydrogen-bond acceptors (Lipinski definition) is 7. The summed E-state index contributed by atoms with van der Waals surface area (Å²) in [6.45, 7) is 2.32. The van der Waals surface area contributed by atoms with Crippen LogP contribution in [0.5, 0.6) is 0 Å². The van der Waals surface area contributed by atoms with E-state index in [0.717, 1.165) is 37.0 Å². The molecule has 0 fully saturated rings. The zero-order valence-electron chi connectivity index (χ0n) is 11.3. The fourth-order valence-electron chi connectivity index (χ4n) is 1.41. The zero-order chi connectivity index (χ0) is 15.0. The standard InChI is InChI=1S/C10H19N5O3S2/c1-8(16)13-9-14-15-10(19-9)20(17,18)12-7-5-3-2-4-6-11/h12H,2-7,11H2,1H3,(H,13,14,16). The third kappa shape index (κ3) is 5.90. The van der Waals surface area contributed by atoms with Gasteiger partial charge in [0.25, 0.3) is 10.0 Å². The van der Waals surface area contributed by atoms with Crippen LogP contribution in [-0.4, -0.2) is 37.6 Å². The fraction of sp³-hybridized carbons (Fsp3) is 0.700. The van der Waals surface area contributed by atoms with Crippen molar-refractivity contribution in [2.75, 3.05) is 18.4 Å². The minimum Gasteiger partial charge on any atom is -0.330 e. The molecule has 10 heteroatoms. The van der Waals surface area contributed by atoms with Crippen LogP contribution < -0.4 is 15.8 Å². The molecule has 0 bridgehead atoms. The maximum atomic E-state index is 11.9. The predicted molar refractivity (Wildman–Crippen MR) is 76.9 cm³/mol. The molecule has 1 aromatic heterocycles. The molecule has 0 saturated heterocycles. The third-order valence-electron chi connectivity index (χ3n) is 2.34. The largest absolute Gasteiger partial charge is 0.330 e. The quantitative estimate of drug-likeness (QED) is 0.443. The Hall–Kier alpha value is -1.10. The number of hydrogen-bond donors (Lipinski definition) is 3. The molecule has 0 aliphatic rings. The highest BCUT2D eigenvalue weighted by atomic mass is 32.2. The summed E-state index contributed by atoms with van der Waals surface area (Å²) in [4.78, 5) is 10.8. The second-order valence-corrected chi connectivity index (χ2v) is 7.07. The fourth-order valence-corrected chi connectivity index (χ4v) is 3.47. The Morgan fingerprint density at radius 1 is 1.25 bits per heavy atom. The van der Waals surface area contributed by atoms with Gasteiger partial charge in [0.1, 0.15) is 0 Å². The SMILES string of the molecule is CC(=O)Nc1nnc(S(=O)(=O)NCCCCCCN)s1. The minimum atomic E-state index is -3.65. The number of carbonyl (C=O) groups excluding carboxylic acids is 1. The highest BCUT2D eigenvalue weighted by Gasteiger charge is 2.19. The maximum absolute atomic E-state index is 11.9. The van der Waals surface area contributed by atoms with Crippen LogP contribution in [0.2, 0.25) is 0 Å². The van der Waals surface area contributed by atoms with Crippen LogP contribution in [0, 0.1) is 0 Å². The zero-order valence-corrected chi connectivity index (χ0v) is 12.9. The van der Waals surface area contributed by atoms with Crippen LogP contribution in [0.4, 0.5) is 5.13 Å². The van der Waals surface area contributed by atoms with Crippen molar-refractivity contribution in [2.24, 2.45) is 5.73 Å². The van der Waals surface area contributed by atoms with E-state index in [1.807, 2.05) is 0 Å². The molecule has 1 heterocycles. The van der Waals surface area contributed by atoms with Crippen LogP contribution in [-0.2, 0) is 14.8 Å². The van der Waals surface area contributed by atoms with Gasteiger partial charge < -0.3 is 11.1 Å². The monoisotopic (exact) mass is 321 g/mol. The summed E-state index contributed by atoms with van der Waals surface area (Å²) in [5.41, 5.74) is 5.37. The number of amides is 1. The highest BCUT2D eigenvalue weighted by Crippen LogP contribution is 2.19. The molecule has 114 valence electrons. The van der Waals surface area contributed by atoms with Crippen LogP contribution in [0.1, 0.15) is 32.6 Å². The van der Waals surface area contributed by atoms with Crippen molar-refractivity contribution in [1.82, 2.24) is 14.9 Å². The first-order valence-corrected chi connectivity index (χ1v) is 8.56. The molecule has 0 atom stereocenters. The lowest BCUT2D eigenvalue weighted by molar-refractivity contribution is -0.114. The van der Waals surface area contributed by atoms with E-state index < -0.39 is 10.0 Å². The average Bonchev–Trinajstić information content (AvgIpc) is 2.82. The number of rotatable bonds is 9. The molecule has 0 aliphatic carbocycles. The van der Waals surface area contributed by atoms with Crippen LogP contribution in [0.3, 0.4) is 0 Å². The number of nitrogens with one attached hydrogen (secondary N) is 2. The van der Waals surface area contributed by atoms with Crippen molar-refractivity contribution in [1.29, 1.82) is 0 Å². The van der Waals surface area contributed by atoms with Gasteiger partial charge in [-0.2, -0.15) is 0 Å². The van der Waals surface area contributed by atoms with E-state index in [1.54, 1.807) is 0 Å². The Balaban J connectivity index is 2.43.